The molecule has 1 atom stereocenters. The number of nitrogens with zero attached hydrogens (tertiary/aromatic N) is 2. The molecule has 0 aliphatic heterocycles. The lowest BCUT2D eigenvalue weighted by atomic mass is 10.1. The number of para-hydroxylation sites is 1. The van der Waals surface area contributed by atoms with Crippen molar-refractivity contribution >= 4 is 34.2 Å². The van der Waals surface area contributed by atoms with Gasteiger partial charge in [-0.3, -0.25) is 9.78 Å². The minimum atomic E-state index is -0.803. The van der Waals surface area contributed by atoms with Crippen molar-refractivity contribution in [1.29, 1.82) is 0 Å². The van der Waals surface area contributed by atoms with Gasteiger partial charge < -0.3 is 10.0 Å². The Balaban J connectivity index is 2.40. The van der Waals surface area contributed by atoms with E-state index in [4.69, 9.17) is 16.7 Å². The van der Waals surface area contributed by atoms with Gasteiger partial charge in [-0.25, -0.2) is 0 Å². The number of aromatic nitrogens is 1. The third kappa shape index (κ3) is 2.79. The van der Waals surface area contributed by atoms with Crippen LogP contribution in [0.4, 0.5) is 5.69 Å². The van der Waals surface area contributed by atoms with Crippen LogP contribution in [0.2, 0.25) is 5.02 Å². The lowest BCUT2D eigenvalue weighted by molar-refractivity contribution is -0.140. The number of rotatable bonds is 4. The first kappa shape index (κ1) is 13.6. The summed E-state index contributed by atoms with van der Waals surface area (Å²) < 4.78 is 0. The Bertz CT molecular complexity index is 615. The number of hydrogen-bond acceptors (Lipinski definition) is 3. The van der Waals surface area contributed by atoms with Gasteiger partial charge in [0.2, 0.25) is 0 Å². The molecule has 0 bridgehead atoms. The monoisotopic (exact) mass is 278 g/mol. The fourth-order valence-electron chi connectivity index (χ4n) is 2.05. The maximum absolute atomic E-state index is 10.9. The van der Waals surface area contributed by atoms with Crippen molar-refractivity contribution in [1.82, 2.24) is 4.98 Å². The molecule has 0 fully saturated rings. The van der Waals surface area contributed by atoms with Crippen molar-refractivity contribution in [2.45, 2.75) is 6.92 Å². The van der Waals surface area contributed by atoms with Gasteiger partial charge in [-0.15, -0.1) is 0 Å². The first-order chi connectivity index (χ1) is 9.00. The number of pyridine rings is 1. The molecular formula is C14H15ClN2O2. The van der Waals surface area contributed by atoms with Crippen LogP contribution in [0.5, 0.6) is 0 Å². The Morgan fingerprint density at radius 1 is 1.47 bits per heavy atom. The second-order valence-electron chi connectivity index (χ2n) is 4.59. The van der Waals surface area contributed by atoms with Crippen molar-refractivity contribution in [3.05, 3.63) is 35.5 Å². The van der Waals surface area contributed by atoms with Crippen molar-refractivity contribution < 1.29 is 9.90 Å². The van der Waals surface area contributed by atoms with Crippen molar-refractivity contribution in [2.75, 3.05) is 18.5 Å². The molecule has 1 N–H and O–H groups in total. The molecule has 4 nitrogen and oxygen atoms in total. The first-order valence-electron chi connectivity index (χ1n) is 5.98. The second kappa shape index (κ2) is 5.45. The first-order valence-corrected chi connectivity index (χ1v) is 6.35. The van der Waals surface area contributed by atoms with Gasteiger partial charge in [-0.1, -0.05) is 30.7 Å². The molecule has 1 unspecified atom stereocenters. The summed E-state index contributed by atoms with van der Waals surface area (Å²) in [7, 11) is 1.87. The van der Waals surface area contributed by atoms with Crippen LogP contribution in [-0.4, -0.2) is 29.7 Å². The quantitative estimate of drug-likeness (QED) is 0.934. The molecular weight excluding hydrogens is 264 g/mol. The number of aliphatic carboxylic acids is 1. The number of carboxylic acid groups (broad SMARTS) is 1. The van der Waals surface area contributed by atoms with Gasteiger partial charge in [0.25, 0.3) is 0 Å². The molecule has 0 radical (unpaired) electrons. The summed E-state index contributed by atoms with van der Waals surface area (Å²) in [6, 6.07) is 7.46. The largest absolute Gasteiger partial charge is 0.481 e. The molecule has 0 spiro atoms. The van der Waals surface area contributed by atoms with Crippen LogP contribution < -0.4 is 4.90 Å². The predicted molar refractivity (Wildman–Crippen MR) is 76.8 cm³/mol. The molecule has 2 rings (SSSR count). The van der Waals surface area contributed by atoms with E-state index in [0.29, 0.717) is 11.6 Å². The maximum Gasteiger partial charge on any atom is 0.308 e. The summed E-state index contributed by atoms with van der Waals surface area (Å²) in [5, 5.41) is 10.5. The SMILES string of the molecule is CC(CN(C)c1ccnc2c(Cl)cccc12)C(=O)O. The fraction of sp³-hybridized carbons (Fsp3) is 0.286. The highest BCUT2D eigenvalue weighted by Gasteiger charge is 2.15. The summed E-state index contributed by atoms with van der Waals surface area (Å²) in [6.07, 6.45) is 1.69. The second-order valence-corrected chi connectivity index (χ2v) is 4.99. The summed E-state index contributed by atoms with van der Waals surface area (Å²) in [4.78, 5) is 17.1. The average Bonchev–Trinajstić information content (AvgIpc) is 2.38. The number of benzene rings is 1. The number of anilines is 1. The molecule has 1 aromatic heterocycles. The molecule has 0 aliphatic rings. The molecule has 0 aliphatic carbocycles. The molecule has 0 saturated carbocycles. The van der Waals surface area contributed by atoms with Crippen LogP contribution >= 0.6 is 11.6 Å². The van der Waals surface area contributed by atoms with E-state index in [2.05, 4.69) is 4.98 Å². The maximum atomic E-state index is 10.9. The van der Waals surface area contributed by atoms with Gasteiger partial charge in [0.15, 0.2) is 0 Å². The van der Waals surface area contributed by atoms with E-state index < -0.39 is 11.9 Å². The highest BCUT2D eigenvalue weighted by Crippen LogP contribution is 2.29. The van der Waals surface area contributed by atoms with Gasteiger partial charge in [-0.05, 0) is 12.1 Å². The Morgan fingerprint density at radius 3 is 2.89 bits per heavy atom. The van der Waals surface area contributed by atoms with Crippen LogP contribution in [0.3, 0.4) is 0 Å². The number of hydrogen-bond donors (Lipinski definition) is 1. The number of carboxylic acids is 1. The predicted octanol–water partition coefficient (Wildman–Crippen LogP) is 3.05. The molecule has 1 heterocycles. The molecule has 2 aromatic rings. The highest BCUT2D eigenvalue weighted by molar-refractivity contribution is 6.35. The van der Waals surface area contributed by atoms with E-state index in [1.807, 2.05) is 30.1 Å². The van der Waals surface area contributed by atoms with E-state index in [1.54, 1.807) is 19.2 Å². The smallest absolute Gasteiger partial charge is 0.308 e. The lowest BCUT2D eigenvalue weighted by Crippen LogP contribution is -2.28. The Hall–Kier alpha value is -1.81. The highest BCUT2D eigenvalue weighted by atomic mass is 35.5. The molecule has 1 aromatic carbocycles. The van der Waals surface area contributed by atoms with E-state index in [1.165, 1.54) is 0 Å². The molecule has 5 heteroatoms. The minimum absolute atomic E-state index is 0.432. The van der Waals surface area contributed by atoms with Gasteiger partial charge in [0, 0.05) is 30.9 Å². The number of fused-ring (bicyclic) bond motifs is 1. The summed E-state index contributed by atoms with van der Waals surface area (Å²) >= 11 is 6.11. The number of halogens is 1. The van der Waals surface area contributed by atoms with Crippen LogP contribution in [0.1, 0.15) is 6.92 Å². The average molecular weight is 279 g/mol. The molecule has 0 amide bonds. The van der Waals surface area contributed by atoms with E-state index in [9.17, 15) is 4.79 Å². The van der Waals surface area contributed by atoms with Gasteiger partial charge in [-0.2, -0.15) is 0 Å². The van der Waals surface area contributed by atoms with Crippen LogP contribution in [0.15, 0.2) is 30.5 Å². The lowest BCUT2D eigenvalue weighted by Gasteiger charge is -2.23. The topological polar surface area (TPSA) is 53.4 Å². The standard InChI is InChI=1S/C14H15ClN2O2/c1-9(14(18)19)8-17(2)12-6-7-16-13-10(12)4-3-5-11(13)15/h3-7,9H,8H2,1-2H3,(H,18,19). The third-order valence-electron chi connectivity index (χ3n) is 3.08. The van der Waals surface area contributed by atoms with Gasteiger partial charge in [0.1, 0.15) is 0 Å². The van der Waals surface area contributed by atoms with E-state index >= 15 is 0 Å². The van der Waals surface area contributed by atoms with Gasteiger partial charge in [0.05, 0.1) is 16.5 Å². The number of carbonyl (C=O) groups is 1. The van der Waals surface area contributed by atoms with Crippen molar-refractivity contribution in [3.63, 3.8) is 0 Å². The normalized spacial score (nSPS) is 12.4. The Morgan fingerprint density at radius 2 is 2.21 bits per heavy atom. The van der Waals surface area contributed by atoms with Crippen molar-refractivity contribution in [2.24, 2.45) is 5.92 Å². The van der Waals surface area contributed by atoms with Crippen molar-refractivity contribution in [3.8, 4) is 0 Å². The summed E-state index contributed by atoms with van der Waals surface area (Å²) in [5.41, 5.74) is 1.66. The molecule has 19 heavy (non-hydrogen) atoms. The van der Waals surface area contributed by atoms with E-state index in [0.717, 1.165) is 16.6 Å². The summed E-state index contributed by atoms with van der Waals surface area (Å²) in [5.74, 6) is -1.24. The zero-order chi connectivity index (χ0) is 14.0. The Kier molecular flexibility index (Phi) is 3.90. The third-order valence-corrected chi connectivity index (χ3v) is 3.38. The van der Waals surface area contributed by atoms with Gasteiger partial charge >= 0.3 is 5.97 Å². The zero-order valence-corrected chi connectivity index (χ0v) is 11.6. The Labute approximate surface area is 116 Å². The van der Waals surface area contributed by atoms with Crippen LogP contribution in [0.25, 0.3) is 10.9 Å². The minimum Gasteiger partial charge on any atom is -0.481 e. The van der Waals surface area contributed by atoms with Crippen LogP contribution in [-0.2, 0) is 4.79 Å². The summed E-state index contributed by atoms with van der Waals surface area (Å²) in [6.45, 7) is 2.12. The zero-order valence-electron chi connectivity index (χ0n) is 10.8. The van der Waals surface area contributed by atoms with E-state index in [-0.39, 0.29) is 0 Å². The molecule has 100 valence electrons. The van der Waals surface area contributed by atoms with Crippen LogP contribution in [0, 0.1) is 5.92 Å². The molecule has 0 saturated heterocycles. The fourth-order valence-corrected chi connectivity index (χ4v) is 2.27.